The van der Waals surface area contributed by atoms with E-state index in [0.29, 0.717) is 12.0 Å². The Morgan fingerprint density at radius 2 is 2.00 bits per heavy atom. The molecule has 1 heterocycles. The number of nitrogens with zero attached hydrogens (tertiary/aromatic N) is 3. The van der Waals surface area contributed by atoms with E-state index in [0.717, 1.165) is 13.0 Å². The van der Waals surface area contributed by atoms with Gasteiger partial charge in [-0.05, 0) is 33.1 Å². The molecule has 4 heteroatoms. The van der Waals surface area contributed by atoms with Crippen LogP contribution in [0.5, 0.6) is 0 Å². The second-order valence-electron chi connectivity index (χ2n) is 5.84. The highest BCUT2D eigenvalue weighted by Gasteiger charge is 2.18. The maximum absolute atomic E-state index is 4.16. The van der Waals surface area contributed by atoms with E-state index in [9.17, 15) is 0 Å². The van der Waals surface area contributed by atoms with Gasteiger partial charge < -0.3 is 5.32 Å². The molecule has 0 radical (unpaired) electrons. The smallest absolute Gasteiger partial charge is 0.137 e. The molecule has 4 nitrogen and oxygen atoms in total. The molecule has 92 valence electrons. The van der Waals surface area contributed by atoms with Crippen LogP contribution >= 0.6 is 0 Å². The third-order valence-corrected chi connectivity index (χ3v) is 2.27. The first kappa shape index (κ1) is 13.2. The molecular weight excluding hydrogens is 200 g/mol. The van der Waals surface area contributed by atoms with Gasteiger partial charge in [-0.3, -0.25) is 4.68 Å². The van der Waals surface area contributed by atoms with Crippen molar-refractivity contribution in [2.45, 2.75) is 59.2 Å². The average molecular weight is 224 g/mol. The zero-order chi connectivity index (χ0) is 12.2. The van der Waals surface area contributed by atoms with Crippen LogP contribution in [0, 0.1) is 5.92 Å². The molecule has 0 saturated carbocycles. The van der Waals surface area contributed by atoms with Crippen molar-refractivity contribution >= 4 is 0 Å². The van der Waals surface area contributed by atoms with Crippen LogP contribution in [0.25, 0.3) is 0 Å². The van der Waals surface area contributed by atoms with Gasteiger partial charge in [0.1, 0.15) is 12.7 Å². The lowest BCUT2D eigenvalue weighted by Gasteiger charge is -2.29. The topological polar surface area (TPSA) is 42.7 Å². The van der Waals surface area contributed by atoms with Crippen molar-refractivity contribution in [2.24, 2.45) is 5.92 Å². The van der Waals surface area contributed by atoms with E-state index in [2.05, 4.69) is 50.0 Å². The van der Waals surface area contributed by atoms with Crippen molar-refractivity contribution in [3.63, 3.8) is 0 Å². The predicted octanol–water partition coefficient (Wildman–Crippen LogP) is 2.08. The summed E-state index contributed by atoms with van der Waals surface area (Å²) in [5.41, 5.74) is 0.139. The average Bonchev–Trinajstić information content (AvgIpc) is 2.51. The number of hydrogen-bond donors (Lipinski definition) is 1. The SMILES string of the molecule is CC(C)CC(Cn1cncn1)NC(C)(C)C. The Morgan fingerprint density at radius 1 is 1.31 bits per heavy atom. The van der Waals surface area contributed by atoms with Crippen LogP contribution in [0.15, 0.2) is 12.7 Å². The first-order valence-corrected chi connectivity index (χ1v) is 5.97. The fraction of sp³-hybridized carbons (Fsp3) is 0.833. The Hall–Kier alpha value is -0.900. The van der Waals surface area contributed by atoms with Gasteiger partial charge in [0.25, 0.3) is 0 Å². The highest BCUT2D eigenvalue weighted by Crippen LogP contribution is 2.11. The van der Waals surface area contributed by atoms with Gasteiger partial charge in [0.2, 0.25) is 0 Å². The minimum absolute atomic E-state index is 0.139. The van der Waals surface area contributed by atoms with Gasteiger partial charge in [-0.15, -0.1) is 0 Å². The van der Waals surface area contributed by atoms with E-state index in [1.54, 1.807) is 12.7 Å². The number of hydrogen-bond acceptors (Lipinski definition) is 3. The highest BCUT2D eigenvalue weighted by atomic mass is 15.3. The van der Waals surface area contributed by atoms with E-state index in [-0.39, 0.29) is 5.54 Å². The summed E-state index contributed by atoms with van der Waals surface area (Å²) >= 11 is 0. The molecule has 0 aliphatic carbocycles. The molecule has 0 saturated heterocycles. The van der Waals surface area contributed by atoms with Crippen LogP contribution in [0.4, 0.5) is 0 Å². The molecule has 1 N–H and O–H groups in total. The lowest BCUT2D eigenvalue weighted by molar-refractivity contribution is 0.289. The summed E-state index contributed by atoms with van der Waals surface area (Å²) in [5, 5.41) is 7.80. The van der Waals surface area contributed by atoms with Gasteiger partial charge >= 0.3 is 0 Å². The first-order chi connectivity index (χ1) is 7.37. The van der Waals surface area contributed by atoms with Crippen LogP contribution in [0.2, 0.25) is 0 Å². The molecule has 1 atom stereocenters. The number of nitrogens with one attached hydrogen (secondary N) is 1. The molecule has 0 aliphatic heterocycles. The monoisotopic (exact) mass is 224 g/mol. The van der Waals surface area contributed by atoms with Crippen molar-refractivity contribution in [2.75, 3.05) is 0 Å². The number of rotatable bonds is 5. The third kappa shape index (κ3) is 5.26. The van der Waals surface area contributed by atoms with Crippen molar-refractivity contribution in [3.05, 3.63) is 12.7 Å². The maximum atomic E-state index is 4.16. The fourth-order valence-electron chi connectivity index (χ4n) is 1.91. The van der Waals surface area contributed by atoms with E-state index in [4.69, 9.17) is 0 Å². The fourth-order valence-corrected chi connectivity index (χ4v) is 1.91. The standard InChI is InChI=1S/C12H24N4/c1-10(2)6-11(15-12(3,4)5)7-16-9-13-8-14-16/h8-11,15H,6-7H2,1-5H3. The Balaban J connectivity index is 2.57. The van der Waals surface area contributed by atoms with Crippen LogP contribution in [0.3, 0.4) is 0 Å². The Kier molecular flexibility index (Phi) is 4.47. The molecule has 1 aromatic heterocycles. The van der Waals surface area contributed by atoms with E-state index < -0.39 is 0 Å². The normalized spacial score (nSPS) is 14.4. The van der Waals surface area contributed by atoms with Gasteiger partial charge in [0.15, 0.2) is 0 Å². The van der Waals surface area contributed by atoms with Crippen molar-refractivity contribution in [3.8, 4) is 0 Å². The lowest BCUT2D eigenvalue weighted by atomic mass is 10.00. The summed E-state index contributed by atoms with van der Waals surface area (Å²) in [6.45, 7) is 12.0. The van der Waals surface area contributed by atoms with E-state index >= 15 is 0 Å². The van der Waals surface area contributed by atoms with Gasteiger partial charge in [-0.2, -0.15) is 5.10 Å². The third-order valence-electron chi connectivity index (χ3n) is 2.27. The lowest BCUT2D eigenvalue weighted by Crippen LogP contribution is -2.46. The quantitative estimate of drug-likeness (QED) is 0.832. The number of aromatic nitrogens is 3. The molecule has 0 spiro atoms. The molecule has 0 amide bonds. The first-order valence-electron chi connectivity index (χ1n) is 5.97. The second-order valence-corrected chi connectivity index (χ2v) is 5.84. The van der Waals surface area contributed by atoms with Crippen molar-refractivity contribution < 1.29 is 0 Å². The zero-order valence-electron chi connectivity index (χ0n) is 11.1. The van der Waals surface area contributed by atoms with Gasteiger partial charge in [-0.1, -0.05) is 13.8 Å². The van der Waals surface area contributed by atoms with Crippen LogP contribution in [-0.4, -0.2) is 26.3 Å². The van der Waals surface area contributed by atoms with Gasteiger partial charge in [-0.25, -0.2) is 4.98 Å². The largest absolute Gasteiger partial charge is 0.307 e. The van der Waals surface area contributed by atoms with Crippen molar-refractivity contribution in [1.82, 2.24) is 20.1 Å². The predicted molar refractivity (Wildman–Crippen MR) is 66.2 cm³/mol. The minimum Gasteiger partial charge on any atom is -0.307 e. The summed E-state index contributed by atoms with van der Waals surface area (Å²) in [6.07, 6.45) is 4.51. The van der Waals surface area contributed by atoms with E-state index in [1.165, 1.54) is 0 Å². The molecule has 0 aliphatic rings. The summed E-state index contributed by atoms with van der Waals surface area (Å²) < 4.78 is 1.89. The van der Waals surface area contributed by atoms with Gasteiger partial charge in [0, 0.05) is 11.6 Å². The Bertz CT molecular complexity index is 284. The molecular formula is C12H24N4. The molecule has 0 fully saturated rings. The molecule has 0 bridgehead atoms. The highest BCUT2D eigenvalue weighted by molar-refractivity contribution is 4.79. The minimum atomic E-state index is 0.139. The summed E-state index contributed by atoms with van der Waals surface area (Å²) in [4.78, 5) is 3.97. The second kappa shape index (κ2) is 5.43. The van der Waals surface area contributed by atoms with Crippen molar-refractivity contribution in [1.29, 1.82) is 0 Å². The van der Waals surface area contributed by atoms with Crippen LogP contribution in [-0.2, 0) is 6.54 Å². The van der Waals surface area contributed by atoms with Crippen LogP contribution in [0.1, 0.15) is 41.0 Å². The van der Waals surface area contributed by atoms with Gasteiger partial charge in [0.05, 0.1) is 6.54 Å². The molecule has 1 aromatic rings. The Morgan fingerprint density at radius 3 is 2.44 bits per heavy atom. The van der Waals surface area contributed by atoms with E-state index in [1.807, 2.05) is 4.68 Å². The summed E-state index contributed by atoms with van der Waals surface area (Å²) in [7, 11) is 0. The summed E-state index contributed by atoms with van der Waals surface area (Å²) in [6, 6.07) is 0.446. The zero-order valence-corrected chi connectivity index (χ0v) is 11.1. The molecule has 1 rings (SSSR count). The molecule has 1 unspecified atom stereocenters. The summed E-state index contributed by atoms with van der Waals surface area (Å²) in [5.74, 6) is 0.684. The molecule has 0 aromatic carbocycles. The Labute approximate surface area is 98.5 Å². The maximum Gasteiger partial charge on any atom is 0.137 e. The van der Waals surface area contributed by atoms with Crippen LogP contribution < -0.4 is 5.32 Å². The molecule has 16 heavy (non-hydrogen) atoms.